The molecule has 0 heterocycles. The average molecular weight is 342 g/mol. The fourth-order valence-electron chi connectivity index (χ4n) is 2.58. The summed E-state index contributed by atoms with van der Waals surface area (Å²) < 4.78 is 13.7. The van der Waals surface area contributed by atoms with Gasteiger partial charge >= 0.3 is 0 Å². The largest absolute Gasteiger partial charge is 0.348 e. The minimum Gasteiger partial charge on any atom is -0.348 e. The predicted molar refractivity (Wildman–Crippen MR) is 95.6 cm³/mol. The Bertz CT molecular complexity index is 719. The van der Waals surface area contributed by atoms with Crippen LogP contribution in [0.3, 0.4) is 0 Å². The molecule has 4 nitrogen and oxygen atoms in total. The Kier molecular flexibility index (Phi) is 6.69. The molecule has 2 N–H and O–H groups in total. The van der Waals surface area contributed by atoms with Crippen molar-refractivity contribution in [3.8, 4) is 0 Å². The lowest BCUT2D eigenvalue weighted by molar-refractivity contribution is -0.123. The number of rotatable bonds is 7. The Morgan fingerprint density at radius 2 is 1.64 bits per heavy atom. The highest BCUT2D eigenvalue weighted by atomic mass is 19.1. The minimum absolute atomic E-state index is 0.0625. The van der Waals surface area contributed by atoms with Gasteiger partial charge in [0.15, 0.2) is 0 Å². The van der Waals surface area contributed by atoms with E-state index in [0.717, 1.165) is 12.0 Å². The van der Waals surface area contributed by atoms with Gasteiger partial charge in [-0.15, -0.1) is 0 Å². The second-order valence-electron chi connectivity index (χ2n) is 5.94. The maximum atomic E-state index is 13.7. The molecule has 0 saturated carbocycles. The summed E-state index contributed by atoms with van der Waals surface area (Å²) in [7, 11) is 0. The second kappa shape index (κ2) is 8.97. The third kappa shape index (κ3) is 5.14. The molecular weight excluding hydrogens is 319 g/mol. The average Bonchev–Trinajstić information content (AvgIpc) is 2.62. The van der Waals surface area contributed by atoms with E-state index < -0.39 is 17.8 Å². The predicted octanol–water partition coefficient (Wildman–Crippen LogP) is 3.60. The van der Waals surface area contributed by atoms with Gasteiger partial charge in [0, 0.05) is 0 Å². The molecule has 0 aromatic heterocycles. The quantitative estimate of drug-likeness (QED) is 0.808. The van der Waals surface area contributed by atoms with Gasteiger partial charge in [0.25, 0.3) is 5.91 Å². The summed E-state index contributed by atoms with van der Waals surface area (Å²) in [4.78, 5) is 24.8. The summed E-state index contributed by atoms with van der Waals surface area (Å²) in [6.45, 7) is 3.81. The molecule has 0 bridgehead atoms. The van der Waals surface area contributed by atoms with Gasteiger partial charge in [0.2, 0.25) is 5.91 Å². The number of benzene rings is 2. The van der Waals surface area contributed by atoms with Crippen LogP contribution in [0.1, 0.15) is 48.7 Å². The molecule has 0 aliphatic carbocycles. The molecule has 0 fully saturated rings. The third-order valence-electron chi connectivity index (χ3n) is 3.98. The van der Waals surface area contributed by atoms with Crippen molar-refractivity contribution < 1.29 is 14.0 Å². The number of carbonyl (C=O) groups excluding carboxylic acids is 2. The molecule has 25 heavy (non-hydrogen) atoms. The summed E-state index contributed by atoms with van der Waals surface area (Å²) in [5, 5.41) is 5.55. The van der Waals surface area contributed by atoms with E-state index in [4.69, 9.17) is 0 Å². The van der Waals surface area contributed by atoms with Gasteiger partial charge in [-0.05, 0) is 31.0 Å². The van der Waals surface area contributed by atoms with Crippen molar-refractivity contribution in [1.29, 1.82) is 0 Å². The van der Waals surface area contributed by atoms with E-state index in [9.17, 15) is 14.0 Å². The Labute approximate surface area is 147 Å². The number of halogens is 1. The molecule has 0 radical (unpaired) electrons. The first-order valence-electron chi connectivity index (χ1n) is 8.43. The van der Waals surface area contributed by atoms with Crippen LogP contribution in [0.5, 0.6) is 0 Å². The molecule has 132 valence electrons. The van der Waals surface area contributed by atoms with E-state index in [0.29, 0.717) is 6.42 Å². The van der Waals surface area contributed by atoms with Crippen molar-refractivity contribution in [2.24, 2.45) is 0 Å². The second-order valence-corrected chi connectivity index (χ2v) is 5.94. The van der Waals surface area contributed by atoms with Crippen LogP contribution >= 0.6 is 0 Å². The van der Waals surface area contributed by atoms with Crippen molar-refractivity contribution >= 4 is 11.8 Å². The van der Waals surface area contributed by atoms with E-state index in [2.05, 4.69) is 10.6 Å². The van der Waals surface area contributed by atoms with Gasteiger partial charge in [-0.3, -0.25) is 9.59 Å². The van der Waals surface area contributed by atoms with Crippen molar-refractivity contribution in [1.82, 2.24) is 10.6 Å². The van der Waals surface area contributed by atoms with E-state index in [1.54, 1.807) is 6.07 Å². The molecule has 2 aromatic rings. The summed E-state index contributed by atoms with van der Waals surface area (Å²) >= 11 is 0. The van der Waals surface area contributed by atoms with Crippen LogP contribution in [0.2, 0.25) is 0 Å². The molecule has 2 unspecified atom stereocenters. The Morgan fingerprint density at radius 1 is 1.00 bits per heavy atom. The first-order valence-corrected chi connectivity index (χ1v) is 8.43. The number of carbonyl (C=O) groups is 2. The zero-order valence-corrected chi connectivity index (χ0v) is 14.5. The molecule has 0 saturated heterocycles. The van der Waals surface area contributed by atoms with E-state index >= 15 is 0 Å². The van der Waals surface area contributed by atoms with E-state index in [-0.39, 0.29) is 17.5 Å². The highest BCUT2D eigenvalue weighted by Crippen LogP contribution is 2.12. The lowest BCUT2D eigenvalue weighted by Gasteiger charge is -2.21. The third-order valence-corrected chi connectivity index (χ3v) is 3.98. The summed E-state index contributed by atoms with van der Waals surface area (Å²) in [6, 6.07) is 14.4. The van der Waals surface area contributed by atoms with E-state index in [1.807, 2.05) is 44.2 Å². The molecule has 2 atom stereocenters. The van der Waals surface area contributed by atoms with Crippen LogP contribution in [-0.4, -0.2) is 17.9 Å². The van der Waals surface area contributed by atoms with Crippen molar-refractivity contribution in [2.45, 2.75) is 38.8 Å². The summed E-state index contributed by atoms with van der Waals surface area (Å²) in [5.41, 5.74) is 0.916. The van der Waals surface area contributed by atoms with Gasteiger partial charge in [0.05, 0.1) is 11.6 Å². The lowest BCUT2D eigenvalue weighted by Crippen LogP contribution is -2.47. The number of hydrogen-bond acceptors (Lipinski definition) is 2. The molecule has 0 aliphatic heterocycles. The summed E-state index contributed by atoms with van der Waals surface area (Å²) in [6.07, 6.45) is 1.20. The zero-order chi connectivity index (χ0) is 18.2. The smallest absolute Gasteiger partial charge is 0.254 e. The van der Waals surface area contributed by atoms with Crippen LogP contribution < -0.4 is 10.6 Å². The SMILES string of the molecule is CCCC(NC(=O)c1ccccc1F)C(=O)NC(C)c1ccccc1. The minimum atomic E-state index is -0.705. The van der Waals surface area contributed by atoms with Gasteiger partial charge in [0.1, 0.15) is 11.9 Å². The standard InChI is InChI=1S/C20H23FN2O2/c1-3-9-18(23-19(24)16-12-7-8-13-17(16)21)20(25)22-14(2)15-10-5-4-6-11-15/h4-8,10-14,18H,3,9H2,1-2H3,(H,22,25)(H,23,24). The fraction of sp³-hybridized carbons (Fsp3) is 0.300. The Morgan fingerprint density at radius 3 is 2.28 bits per heavy atom. The molecule has 2 amide bonds. The number of hydrogen-bond donors (Lipinski definition) is 2. The van der Waals surface area contributed by atoms with Crippen LogP contribution in [0.15, 0.2) is 54.6 Å². The monoisotopic (exact) mass is 342 g/mol. The zero-order valence-electron chi connectivity index (χ0n) is 14.5. The van der Waals surface area contributed by atoms with Gasteiger partial charge in [-0.1, -0.05) is 55.8 Å². The first kappa shape index (κ1) is 18.6. The molecule has 2 aromatic carbocycles. The maximum Gasteiger partial charge on any atom is 0.254 e. The fourth-order valence-corrected chi connectivity index (χ4v) is 2.58. The van der Waals surface area contributed by atoms with E-state index in [1.165, 1.54) is 18.2 Å². The van der Waals surface area contributed by atoms with Crippen LogP contribution in [0.25, 0.3) is 0 Å². The highest BCUT2D eigenvalue weighted by molar-refractivity contribution is 5.97. The van der Waals surface area contributed by atoms with Crippen LogP contribution in [-0.2, 0) is 4.79 Å². The van der Waals surface area contributed by atoms with Crippen LogP contribution in [0.4, 0.5) is 4.39 Å². The van der Waals surface area contributed by atoms with Gasteiger partial charge in [-0.25, -0.2) is 4.39 Å². The Balaban J connectivity index is 2.05. The van der Waals surface area contributed by atoms with Crippen LogP contribution in [0, 0.1) is 5.82 Å². The highest BCUT2D eigenvalue weighted by Gasteiger charge is 2.23. The topological polar surface area (TPSA) is 58.2 Å². The van der Waals surface area contributed by atoms with Gasteiger partial charge in [-0.2, -0.15) is 0 Å². The normalized spacial score (nSPS) is 12.9. The first-order chi connectivity index (χ1) is 12.0. The number of amides is 2. The molecule has 5 heteroatoms. The Hall–Kier alpha value is -2.69. The van der Waals surface area contributed by atoms with Crippen molar-refractivity contribution in [3.63, 3.8) is 0 Å². The van der Waals surface area contributed by atoms with Crippen molar-refractivity contribution in [3.05, 3.63) is 71.5 Å². The van der Waals surface area contributed by atoms with Crippen molar-refractivity contribution in [2.75, 3.05) is 0 Å². The molecule has 2 rings (SSSR count). The lowest BCUT2D eigenvalue weighted by atomic mass is 10.1. The molecular formula is C20H23FN2O2. The maximum absolute atomic E-state index is 13.7. The molecule has 0 spiro atoms. The summed E-state index contributed by atoms with van der Waals surface area (Å²) in [5.74, 6) is -1.46. The molecule has 0 aliphatic rings. The number of nitrogens with one attached hydrogen (secondary N) is 2. The van der Waals surface area contributed by atoms with Gasteiger partial charge < -0.3 is 10.6 Å².